The molecule has 0 saturated carbocycles. The molecule has 1 amide bonds. The SMILES string of the molecule is CNC(C)(CC(C)OCC(C)C)C(N)=O. The molecule has 0 aliphatic heterocycles. The standard InChI is InChI=1S/C11H24N2O2/c1-8(2)7-15-9(3)6-11(4,13-5)10(12)14/h8-9,13H,6-7H2,1-5H3,(H2,12,14). The van der Waals surface area contributed by atoms with E-state index in [1.54, 1.807) is 14.0 Å². The highest BCUT2D eigenvalue weighted by molar-refractivity contribution is 5.84. The van der Waals surface area contributed by atoms with Gasteiger partial charge in [0.25, 0.3) is 0 Å². The van der Waals surface area contributed by atoms with Crippen LogP contribution < -0.4 is 11.1 Å². The predicted octanol–water partition coefficient (Wildman–Crippen LogP) is 0.901. The molecule has 0 aliphatic carbocycles. The molecule has 0 radical (unpaired) electrons. The first-order chi connectivity index (χ1) is 6.81. The lowest BCUT2D eigenvalue weighted by Crippen LogP contribution is -2.53. The van der Waals surface area contributed by atoms with Crippen molar-refractivity contribution in [3.8, 4) is 0 Å². The van der Waals surface area contributed by atoms with Crippen LogP contribution >= 0.6 is 0 Å². The van der Waals surface area contributed by atoms with E-state index in [4.69, 9.17) is 10.5 Å². The van der Waals surface area contributed by atoms with Crippen LogP contribution in [0.2, 0.25) is 0 Å². The van der Waals surface area contributed by atoms with Crippen molar-refractivity contribution in [2.24, 2.45) is 11.7 Å². The lowest BCUT2D eigenvalue weighted by molar-refractivity contribution is -0.125. The van der Waals surface area contributed by atoms with Gasteiger partial charge in [-0.1, -0.05) is 13.8 Å². The fraction of sp³-hybridized carbons (Fsp3) is 0.909. The average molecular weight is 216 g/mol. The monoisotopic (exact) mass is 216 g/mol. The van der Waals surface area contributed by atoms with Gasteiger partial charge in [0.05, 0.1) is 11.6 Å². The van der Waals surface area contributed by atoms with Gasteiger partial charge in [-0.15, -0.1) is 0 Å². The molecule has 0 aliphatic rings. The largest absolute Gasteiger partial charge is 0.378 e. The van der Waals surface area contributed by atoms with Crippen molar-refractivity contribution in [3.63, 3.8) is 0 Å². The molecule has 0 aromatic rings. The molecule has 0 rings (SSSR count). The zero-order valence-corrected chi connectivity index (χ0v) is 10.5. The number of carbonyl (C=O) groups is 1. The van der Waals surface area contributed by atoms with Crippen molar-refractivity contribution in [1.82, 2.24) is 5.32 Å². The Balaban J connectivity index is 4.13. The van der Waals surface area contributed by atoms with Crippen LogP contribution in [0.15, 0.2) is 0 Å². The van der Waals surface area contributed by atoms with E-state index in [0.717, 1.165) is 0 Å². The van der Waals surface area contributed by atoms with Gasteiger partial charge in [0.15, 0.2) is 0 Å². The van der Waals surface area contributed by atoms with Gasteiger partial charge < -0.3 is 15.8 Å². The summed E-state index contributed by atoms with van der Waals surface area (Å²) in [4.78, 5) is 11.2. The molecule has 0 bridgehead atoms. The average Bonchev–Trinajstić information content (AvgIpc) is 2.14. The normalized spacial score (nSPS) is 17.5. The first-order valence-electron chi connectivity index (χ1n) is 5.42. The molecule has 3 N–H and O–H groups in total. The number of ether oxygens (including phenoxy) is 1. The van der Waals surface area contributed by atoms with Crippen LogP contribution in [0.3, 0.4) is 0 Å². The Bertz CT molecular complexity index is 207. The van der Waals surface area contributed by atoms with Crippen molar-refractivity contribution in [1.29, 1.82) is 0 Å². The quantitative estimate of drug-likeness (QED) is 0.664. The third-order valence-corrected chi connectivity index (χ3v) is 2.51. The number of nitrogens with two attached hydrogens (primary N) is 1. The Morgan fingerprint density at radius 1 is 1.47 bits per heavy atom. The maximum Gasteiger partial charge on any atom is 0.237 e. The van der Waals surface area contributed by atoms with Gasteiger partial charge in [0, 0.05) is 13.0 Å². The number of primary amides is 1. The number of rotatable bonds is 7. The van der Waals surface area contributed by atoms with E-state index < -0.39 is 5.54 Å². The number of nitrogens with one attached hydrogen (secondary N) is 1. The van der Waals surface area contributed by atoms with Gasteiger partial charge >= 0.3 is 0 Å². The fourth-order valence-corrected chi connectivity index (χ4v) is 1.32. The summed E-state index contributed by atoms with van der Waals surface area (Å²) >= 11 is 0. The number of amides is 1. The molecule has 0 fully saturated rings. The Kier molecular flexibility index (Phi) is 5.83. The highest BCUT2D eigenvalue weighted by atomic mass is 16.5. The van der Waals surface area contributed by atoms with Crippen LogP contribution in [0.25, 0.3) is 0 Å². The molecule has 4 nitrogen and oxygen atoms in total. The highest BCUT2D eigenvalue weighted by Gasteiger charge is 2.31. The molecule has 0 spiro atoms. The van der Waals surface area contributed by atoms with Crippen molar-refractivity contribution < 1.29 is 9.53 Å². The van der Waals surface area contributed by atoms with Crippen molar-refractivity contribution in [2.45, 2.75) is 45.8 Å². The van der Waals surface area contributed by atoms with Gasteiger partial charge in [-0.25, -0.2) is 0 Å². The van der Waals surface area contributed by atoms with E-state index in [9.17, 15) is 4.79 Å². The first-order valence-corrected chi connectivity index (χ1v) is 5.42. The fourth-order valence-electron chi connectivity index (χ4n) is 1.32. The minimum absolute atomic E-state index is 0.0253. The van der Waals surface area contributed by atoms with Crippen LogP contribution in [-0.4, -0.2) is 31.2 Å². The van der Waals surface area contributed by atoms with Gasteiger partial charge in [0.1, 0.15) is 0 Å². The summed E-state index contributed by atoms with van der Waals surface area (Å²) in [5, 5.41) is 2.94. The van der Waals surface area contributed by atoms with Crippen molar-refractivity contribution in [2.75, 3.05) is 13.7 Å². The van der Waals surface area contributed by atoms with Gasteiger partial charge in [-0.05, 0) is 26.8 Å². The summed E-state index contributed by atoms with van der Waals surface area (Å²) in [5.74, 6) is 0.159. The smallest absolute Gasteiger partial charge is 0.237 e. The second-order valence-corrected chi connectivity index (χ2v) is 4.69. The first kappa shape index (κ1) is 14.4. The minimum Gasteiger partial charge on any atom is -0.378 e. The van der Waals surface area contributed by atoms with Crippen LogP contribution in [0, 0.1) is 5.92 Å². The molecule has 2 unspecified atom stereocenters. The molecular weight excluding hydrogens is 192 g/mol. The third-order valence-electron chi connectivity index (χ3n) is 2.51. The zero-order valence-electron chi connectivity index (χ0n) is 10.5. The third kappa shape index (κ3) is 5.14. The topological polar surface area (TPSA) is 64.3 Å². The molecule has 15 heavy (non-hydrogen) atoms. The van der Waals surface area contributed by atoms with Gasteiger partial charge in [-0.3, -0.25) is 4.79 Å². The molecule has 0 aromatic heterocycles. The van der Waals surface area contributed by atoms with E-state index in [1.807, 2.05) is 6.92 Å². The molecule has 2 atom stereocenters. The van der Waals surface area contributed by atoms with Gasteiger partial charge in [-0.2, -0.15) is 0 Å². The maximum absolute atomic E-state index is 11.2. The van der Waals surface area contributed by atoms with Crippen LogP contribution in [-0.2, 0) is 9.53 Å². The lowest BCUT2D eigenvalue weighted by atomic mass is 9.94. The van der Waals surface area contributed by atoms with E-state index >= 15 is 0 Å². The van der Waals surface area contributed by atoms with E-state index in [2.05, 4.69) is 19.2 Å². The summed E-state index contributed by atoms with van der Waals surface area (Å²) in [6.07, 6.45) is 0.614. The molecule has 0 aromatic carbocycles. The summed E-state index contributed by atoms with van der Waals surface area (Å²) in [7, 11) is 1.74. The van der Waals surface area contributed by atoms with E-state index in [0.29, 0.717) is 18.9 Å². The summed E-state index contributed by atoms with van der Waals surface area (Å²) < 4.78 is 5.60. The second kappa shape index (κ2) is 6.08. The molecule has 0 saturated heterocycles. The summed E-state index contributed by atoms with van der Waals surface area (Å²) in [6.45, 7) is 8.65. The number of carbonyl (C=O) groups excluding carboxylic acids is 1. The summed E-state index contributed by atoms with van der Waals surface area (Å²) in [6, 6.07) is 0. The Morgan fingerprint density at radius 3 is 2.33 bits per heavy atom. The van der Waals surface area contributed by atoms with Crippen molar-refractivity contribution in [3.05, 3.63) is 0 Å². The summed E-state index contributed by atoms with van der Waals surface area (Å²) in [5.41, 5.74) is 4.64. The lowest BCUT2D eigenvalue weighted by Gasteiger charge is -2.28. The highest BCUT2D eigenvalue weighted by Crippen LogP contribution is 2.14. The number of hydrogen-bond acceptors (Lipinski definition) is 3. The Hall–Kier alpha value is -0.610. The van der Waals surface area contributed by atoms with E-state index in [1.165, 1.54) is 0 Å². The molecule has 4 heteroatoms. The number of hydrogen-bond donors (Lipinski definition) is 2. The molecule has 0 heterocycles. The van der Waals surface area contributed by atoms with E-state index in [-0.39, 0.29) is 12.0 Å². The minimum atomic E-state index is -0.684. The van der Waals surface area contributed by atoms with Crippen LogP contribution in [0.4, 0.5) is 0 Å². The molecule has 90 valence electrons. The number of likely N-dealkylation sites (N-methyl/N-ethyl adjacent to an activating group) is 1. The maximum atomic E-state index is 11.2. The Labute approximate surface area is 92.6 Å². The zero-order chi connectivity index (χ0) is 12.1. The van der Waals surface area contributed by atoms with Crippen LogP contribution in [0.5, 0.6) is 0 Å². The Morgan fingerprint density at radius 2 is 2.00 bits per heavy atom. The molecular formula is C11H24N2O2. The van der Waals surface area contributed by atoms with Gasteiger partial charge in [0.2, 0.25) is 5.91 Å². The predicted molar refractivity (Wildman–Crippen MR) is 61.5 cm³/mol. The van der Waals surface area contributed by atoms with Crippen molar-refractivity contribution >= 4 is 5.91 Å². The second-order valence-electron chi connectivity index (χ2n) is 4.69. The van der Waals surface area contributed by atoms with Crippen LogP contribution in [0.1, 0.15) is 34.1 Å².